The van der Waals surface area contributed by atoms with Crippen LogP contribution in [0.1, 0.15) is 37.5 Å². The molecule has 0 N–H and O–H groups in total. The van der Waals surface area contributed by atoms with Gasteiger partial charge in [-0.1, -0.05) is 185 Å². The summed E-state index contributed by atoms with van der Waals surface area (Å²) in [5, 5.41) is 2.17. The smallest absolute Gasteiger partial charge is 0.312 e. The number of esters is 1. The number of rotatable bonds is 17. The highest BCUT2D eigenvalue weighted by atomic mass is 28.4. The number of cyclic esters (lactones) is 1. The third-order valence-corrected chi connectivity index (χ3v) is 16.3. The molecule has 5 aromatic rings. The van der Waals surface area contributed by atoms with Crippen LogP contribution in [0.15, 0.2) is 164 Å². The van der Waals surface area contributed by atoms with Crippen molar-refractivity contribution in [2.24, 2.45) is 11.8 Å². The summed E-state index contributed by atoms with van der Waals surface area (Å²) in [5.41, 5.74) is 2.99. The third kappa shape index (κ3) is 10.2. The standard InChI is InChI=1S/C50H56O8Si/c1-50(2,3)59(41-26-16-8-17-27-41,42-28-18-9-19-29-42)56-35-40-30-31-43(49(52-4)57-40)45-47(55-34-39-24-14-7-15-25-39)46(54-33-38-22-12-6-13-23-38)44(58-48(45)51)36-53-32-37-20-10-5-11-21-37/h5-31,40,43-47,49H,32-36H2,1-4H3/t40?,43-,44-,45+,46?,47?,49+/m1/s1. The minimum absolute atomic E-state index is 0.129. The molecule has 59 heavy (non-hydrogen) atoms. The number of ether oxygens (including phenoxy) is 6. The summed E-state index contributed by atoms with van der Waals surface area (Å²) in [6, 6.07) is 50.9. The fourth-order valence-corrected chi connectivity index (χ4v) is 12.9. The summed E-state index contributed by atoms with van der Waals surface area (Å²) in [4.78, 5) is 14.4. The second kappa shape index (κ2) is 20.0. The largest absolute Gasteiger partial charge is 0.457 e. The molecule has 1 saturated heterocycles. The summed E-state index contributed by atoms with van der Waals surface area (Å²) >= 11 is 0. The highest BCUT2D eigenvalue weighted by Gasteiger charge is 2.54. The Morgan fingerprint density at radius 3 is 1.56 bits per heavy atom. The quantitative estimate of drug-likeness (QED) is 0.0531. The van der Waals surface area contributed by atoms with Gasteiger partial charge in [0.05, 0.1) is 39.0 Å². The van der Waals surface area contributed by atoms with E-state index in [1.807, 2.05) is 115 Å². The minimum atomic E-state index is -2.84. The Bertz CT molecular complexity index is 2000. The van der Waals surface area contributed by atoms with Crippen LogP contribution in [0.25, 0.3) is 0 Å². The topological polar surface area (TPSA) is 81.7 Å². The van der Waals surface area contributed by atoms with Crippen molar-refractivity contribution in [1.82, 2.24) is 0 Å². The van der Waals surface area contributed by atoms with Crippen LogP contribution in [0.3, 0.4) is 0 Å². The van der Waals surface area contributed by atoms with Crippen molar-refractivity contribution in [2.75, 3.05) is 20.3 Å². The van der Waals surface area contributed by atoms with E-state index < -0.39 is 56.8 Å². The Balaban J connectivity index is 1.17. The van der Waals surface area contributed by atoms with E-state index in [9.17, 15) is 4.79 Å². The molecule has 5 aromatic carbocycles. The molecule has 0 saturated carbocycles. The van der Waals surface area contributed by atoms with Gasteiger partial charge in [-0.25, -0.2) is 0 Å². The van der Waals surface area contributed by atoms with E-state index in [1.165, 1.54) is 10.4 Å². The fourth-order valence-electron chi connectivity index (χ4n) is 8.37. The second-order valence-corrected chi connectivity index (χ2v) is 20.5. The van der Waals surface area contributed by atoms with Crippen molar-refractivity contribution in [1.29, 1.82) is 0 Å². The van der Waals surface area contributed by atoms with Crippen molar-refractivity contribution in [2.45, 2.75) is 76.3 Å². The summed E-state index contributed by atoms with van der Waals surface area (Å²) in [7, 11) is -1.24. The highest BCUT2D eigenvalue weighted by Crippen LogP contribution is 2.40. The van der Waals surface area contributed by atoms with Gasteiger partial charge >= 0.3 is 5.97 Å². The van der Waals surface area contributed by atoms with Gasteiger partial charge in [0, 0.05) is 13.0 Å². The molecule has 7 rings (SSSR count). The van der Waals surface area contributed by atoms with Crippen LogP contribution >= 0.6 is 0 Å². The van der Waals surface area contributed by atoms with E-state index >= 15 is 0 Å². The molecule has 2 aliphatic heterocycles. The highest BCUT2D eigenvalue weighted by molar-refractivity contribution is 6.99. The zero-order valence-corrected chi connectivity index (χ0v) is 35.4. The zero-order chi connectivity index (χ0) is 41.1. The second-order valence-electron chi connectivity index (χ2n) is 16.2. The number of hydrogen-bond acceptors (Lipinski definition) is 8. The molecule has 2 aliphatic rings. The molecule has 0 spiro atoms. The van der Waals surface area contributed by atoms with E-state index in [0.29, 0.717) is 19.8 Å². The molecule has 308 valence electrons. The molecule has 0 aliphatic carbocycles. The Kier molecular flexibility index (Phi) is 14.4. The molecule has 7 atom stereocenters. The first-order chi connectivity index (χ1) is 28.8. The molecule has 3 unspecified atom stereocenters. The van der Waals surface area contributed by atoms with Crippen molar-refractivity contribution >= 4 is 24.7 Å². The molecule has 0 bridgehead atoms. The van der Waals surface area contributed by atoms with Crippen LogP contribution in [0.4, 0.5) is 0 Å². The zero-order valence-electron chi connectivity index (χ0n) is 34.4. The van der Waals surface area contributed by atoms with E-state index in [2.05, 4.69) is 69.3 Å². The van der Waals surface area contributed by atoms with E-state index in [0.717, 1.165) is 16.7 Å². The molecule has 1 fully saturated rings. The number of carbonyl (C=O) groups excluding carboxylic acids is 1. The first kappa shape index (κ1) is 42.4. The molecule has 0 amide bonds. The fraction of sp³-hybridized carbons (Fsp3) is 0.340. The van der Waals surface area contributed by atoms with Gasteiger partial charge in [-0.3, -0.25) is 4.79 Å². The maximum absolute atomic E-state index is 14.4. The lowest BCUT2D eigenvalue weighted by molar-refractivity contribution is -0.244. The Morgan fingerprint density at radius 1 is 0.593 bits per heavy atom. The van der Waals surface area contributed by atoms with Crippen LogP contribution in [0.5, 0.6) is 0 Å². The van der Waals surface area contributed by atoms with Crippen molar-refractivity contribution in [3.05, 3.63) is 181 Å². The Hall–Kier alpha value is -4.71. The maximum Gasteiger partial charge on any atom is 0.312 e. The minimum Gasteiger partial charge on any atom is -0.457 e. The van der Waals surface area contributed by atoms with Crippen LogP contribution in [0, 0.1) is 11.8 Å². The SMILES string of the molecule is CO[C@H]1OC(CO[Si](c2ccccc2)(c2ccccc2)C(C)(C)C)C=C[C@@H]1[C@@H]1C(=O)O[C@H](COCc2ccccc2)C(OCc2ccccc2)C1OCc1ccccc1. The maximum atomic E-state index is 14.4. The lowest BCUT2D eigenvalue weighted by atomic mass is 9.80. The monoisotopic (exact) mass is 812 g/mol. The predicted molar refractivity (Wildman–Crippen MR) is 231 cm³/mol. The van der Waals surface area contributed by atoms with Crippen molar-refractivity contribution in [3.63, 3.8) is 0 Å². The van der Waals surface area contributed by atoms with Crippen LogP contribution in [-0.2, 0) is 57.5 Å². The number of methoxy groups -OCH3 is 1. The first-order valence-electron chi connectivity index (χ1n) is 20.5. The van der Waals surface area contributed by atoms with Crippen LogP contribution < -0.4 is 10.4 Å². The number of carbonyl (C=O) groups is 1. The molecule has 2 heterocycles. The van der Waals surface area contributed by atoms with E-state index in [1.54, 1.807) is 7.11 Å². The van der Waals surface area contributed by atoms with Gasteiger partial charge in [0.15, 0.2) is 12.4 Å². The summed E-state index contributed by atoms with van der Waals surface area (Å²) in [6.07, 6.45) is 0.649. The molecular formula is C50H56O8Si. The Labute approximate surface area is 350 Å². The van der Waals surface area contributed by atoms with Crippen LogP contribution in [0.2, 0.25) is 5.04 Å². The summed E-state index contributed by atoms with van der Waals surface area (Å²) < 4.78 is 46.0. The molecule has 8 nitrogen and oxygen atoms in total. The molecule has 0 radical (unpaired) electrons. The number of hydrogen-bond donors (Lipinski definition) is 0. The number of benzene rings is 5. The van der Waals surface area contributed by atoms with Gasteiger partial charge < -0.3 is 32.8 Å². The normalized spacial score (nSPS) is 23.5. The van der Waals surface area contributed by atoms with Gasteiger partial charge in [-0.2, -0.15) is 0 Å². The van der Waals surface area contributed by atoms with E-state index in [4.69, 9.17) is 32.8 Å². The molecule has 0 aromatic heterocycles. The van der Waals surface area contributed by atoms with E-state index in [-0.39, 0.29) is 18.3 Å². The summed E-state index contributed by atoms with van der Waals surface area (Å²) in [6.45, 7) is 8.11. The van der Waals surface area contributed by atoms with Gasteiger partial charge in [0.25, 0.3) is 8.32 Å². The van der Waals surface area contributed by atoms with Crippen LogP contribution in [-0.4, -0.2) is 65.3 Å². The van der Waals surface area contributed by atoms with Gasteiger partial charge in [0.2, 0.25) is 0 Å². The van der Waals surface area contributed by atoms with Crippen molar-refractivity contribution in [3.8, 4) is 0 Å². The average molecular weight is 813 g/mol. The lowest BCUT2D eigenvalue weighted by Crippen LogP contribution is -2.67. The average Bonchev–Trinajstić information content (AvgIpc) is 3.27. The van der Waals surface area contributed by atoms with Crippen molar-refractivity contribution < 1.29 is 37.6 Å². The summed E-state index contributed by atoms with van der Waals surface area (Å²) in [5.74, 6) is -1.78. The molecule has 9 heteroatoms. The first-order valence-corrected chi connectivity index (χ1v) is 22.4. The lowest BCUT2D eigenvalue weighted by Gasteiger charge is -2.46. The third-order valence-electron chi connectivity index (χ3n) is 11.2. The molecular weight excluding hydrogens is 757 g/mol. The van der Waals surface area contributed by atoms with Gasteiger partial charge in [-0.05, 0) is 32.1 Å². The van der Waals surface area contributed by atoms with Gasteiger partial charge in [-0.15, -0.1) is 0 Å². The Morgan fingerprint density at radius 2 is 1.07 bits per heavy atom. The van der Waals surface area contributed by atoms with Gasteiger partial charge in [0.1, 0.15) is 18.3 Å². The predicted octanol–water partition coefficient (Wildman–Crippen LogP) is 8.04.